The lowest BCUT2D eigenvalue weighted by Gasteiger charge is -2.12. The number of rotatable bonds is 5. The molecule has 0 saturated carbocycles. The van der Waals surface area contributed by atoms with E-state index in [0.717, 1.165) is 12.1 Å². The summed E-state index contributed by atoms with van der Waals surface area (Å²) in [6.07, 6.45) is -4.77. The average molecular weight is 458 g/mol. The molecule has 0 aliphatic carbocycles. The lowest BCUT2D eigenvalue weighted by atomic mass is 10.1. The fourth-order valence-electron chi connectivity index (χ4n) is 3.21. The smallest absolute Gasteiger partial charge is 0.433 e. The number of phenols is 1. The molecule has 8 nitrogen and oxygen atoms in total. The molecular weight excluding hydrogens is 441 g/mol. The summed E-state index contributed by atoms with van der Waals surface area (Å²) < 4.78 is 52.4. The van der Waals surface area contributed by atoms with Crippen LogP contribution >= 0.6 is 0 Å². The van der Waals surface area contributed by atoms with Gasteiger partial charge in [0, 0.05) is 23.4 Å². The topological polar surface area (TPSA) is 98.0 Å². The third-order valence-electron chi connectivity index (χ3n) is 4.73. The first-order chi connectivity index (χ1) is 15.7. The Hall–Kier alpha value is -4.28. The zero-order valence-electron chi connectivity index (χ0n) is 17.3. The number of nitrogens with one attached hydrogen (secondary N) is 1. The predicted octanol–water partition coefficient (Wildman–Crippen LogP) is 4.39. The van der Waals surface area contributed by atoms with Gasteiger partial charge in [-0.2, -0.15) is 18.3 Å². The van der Waals surface area contributed by atoms with Crippen LogP contribution in [0.3, 0.4) is 0 Å². The third-order valence-corrected chi connectivity index (χ3v) is 4.73. The number of aromatic hydroxyl groups is 1. The van der Waals surface area contributed by atoms with Crippen LogP contribution < -0.4 is 14.8 Å². The van der Waals surface area contributed by atoms with E-state index in [1.54, 1.807) is 12.1 Å². The van der Waals surface area contributed by atoms with Gasteiger partial charge in [-0.3, -0.25) is 4.79 Å². The number of methoxy groups -OCH3 is 2. The molecule has 0 bridgehead atoms. The lowest BCUT2D eigenvalue weighted by Crippen LogP contribution is -2.15. The predicted molar refractivity (Wildman–Crippen MR) is 113 cm³/mol. The van der Waals surface area contributed by atoms with Crippen molar-refractivity contribution in [3.63, 3.8) is 0 Å². The molecule has 0 radical (unpaired) electrons. The molecule has 0 aliphatic heterocycles. The fraction of sp³-hybridized carbons (Fsp3) is 0.136. The van der Waals surface area contributed by atoms with Gasteiger partial charge in [0.05, 0.1) is 19.9 Å². The second-order valence-corrected chi connectivity index (χ2v) is 6.90. The minimum atomic E-state index is -4.77. The van der Waals surface area contributed by atoms with Gasteiger partial charge in [0.1, 0.15) is 5.75 Å². The maximum Gasteiger partial charge on any atom is 0.433 e. The molecule has 0 fully saturated rings. The number of halogens is 3. The standard InChI is InChI=1S/C22H17F3N4O4/c1-32-17-7-6-12(8-18(17)33-2)15-10-19(22(23,24)25)29-20(27-15)11-16(28-29)21(31)26-13-4-3-5-14(30)9-13/h3-11,30H,1-2H3,(H,26,31). The van der Waals surface area contributed by atoms with Gasteiger partial charge in [-0.05, 0) is 36.4 Å². The van der Waals surface area contributed by atoms with Crippen LogP contribution in [0.25, 0.3) is 16.9 Å². The monoisotopic (exact) mass is 458 g/mol. The number of alkyl halides is 3. The number of aromatic nitrogens is 3. The number of carbonyl (C=O) groups excluding carboxylic acids is 1. The average Bonchev–Trinajstić information content (AvgIpc) is 3.21. The number of anilines is 1. The maximum atomic E-state index is 13.8. The second kappa shape index (κ2) is 8.34. The van der Waals surface area contributed by atoms with Crippen LogP contribution in [-0.4, -0.2) is 39.8 Å². The molecule has 4 rings (SSSR count). The summed E-state index contributed by atoms with van der Waals surface area (Å²) >= 11 is 0. The van der Waals surface area contributed by atoms with Crippen LogP contribution in [-0.2, 0) is 6.18 Å². The van der Waals surface area contributed by atoms with E-state index in [1.807, 2.05) is 0 Å². The first-order valence-corrected chi connectivity index (χ1v) is 9.50. The SMILES string of the molecule is COc1ccc(-c2cc(C(F)(F)F)n3nc(C(=O)Nc4cccc(O)c4)cc3n2)cc1OC. The summed E-state index contributed by atoms with van der Waals surface area (Å²) in [5.74, 6) is -0.103. The summed E-state index contributed by atoms with van der Waals surface area (Å²) in [6.45, 7) is 0. The van der Waals surface area contributed by atoms with Gasteiger partial charge in [0.2, 0.25) is 0 Å². The molecule has 0 spiro atoms. The minimum Gasteiger partial charge on any atom is -0.508 e. The van der Waals surface area contributed by atoms with Crippen molar-refractivity contribution in [2.24, 2.45) is 0 Å². The molecule has 2 N–H and O–H groups in total. The molecule has 2 aromatic heterocycles. The Labute approximate surface area is 185 Å². The quantitative estimate of drug-likeness (QED) is 0.460. The van der Waals surface area contributed by atoms with Crippen LogP contribution in [0.1, 0.15) is 16.2 Å². The Morgan fingerprint density at radius 2 is 1.79 bits per heavy atom. The number of phenolic OH excluding ortho intramolecular Hbond substituents is 1. The van der Waals surface area contributed by atoms with Crippen LogP contribution in [0.2, 0.25) is 0 Å². The number of fused-ring (bicyclic) bond motifs is 1. The van der Waals surface area contributed by atoms with E-state index in [-0.39, 0.29) is 28.5 Å². The Morgan fingerprint density at radius 3 is 2.45 bits per heavy atom. The fourth-order valence-corrected chi connectivity index (χ4v) is 3.21. The van der Waals surface area contributed by atoms with Crippen molar-refractivity contribution in [2.75, 3.05) is 19.5 Å². The highest BCUT2D eigenvalue weighted by Crippen LogP contribution is 2.35. The Bertz CT molecular complexity index is 1350. The molecule has 0 atom stereocenters. The molecule has 0 unspecified atom stereocenters. The molecule has 170 valence electrons. The van der Waals surface area contributed by atoms with Crippen molar-refractivity contribution in [2.45, 2.75) is 6.18 Å². The number of carbonyl (C=O) groups is 1. The number of benzene rings is 2. The third kappa shape index (κ3) is 4.38. The minimum absolute atomic E-state index is 0.00983. The number of amides is 1. The van der Waals surface area contributed by atoms with Crippen molar-refractivity contribution >= 4 is 17.2 Å². The van der Waals surface area contributed by atoms with E-state index >= 15 is 0 Å². The Balaban J connectivity index is 1.79. The second-order valence-electron chi connectivity index (χ2n) is 6.90. The highest BCUT2D eigenvalue weighted by Gasteiger charge is 2.35. The Morgan fingerprint density at radius 1 is 1.03 bits per heavy atom. The van der Waals surface area contributed by atoms with Gasteiger partial charge in [-0.15, -0.1) is 0 Å². The highest BCUT2D eigenvalue weighted by molar-refractivity contribution is 6.03. The van der Waals surface area contributed by atoms with Gasteiger partial charge >= 0.3 is 6.18 Å². The van der Waals surface area contributed by atoms with Crippen LogP contribution in [0.15, 0.2) is 54.6 Å². The van der Waals surface area contributed by atoms with Crippen molar-refractivity contribution in [1.29, 1.82) is 0 Å². The summed E-state index contributed by atoms with van der Waals surface area (Å²) in [5.41, 5.74) is -0.930. The van der Waals surface area contributed by atoms with E-state index in [9.17, 15) is 23.1 Å². The summed E-state index contributed by atoms with van der Waals surface area (Å²) in [5, 5.41) is 15.8. The van der Waals surface area contributed by atoms with Crippen molar-refractivity contribution in [3.8, 4) is 28.5 Å². The summed E-state index contributed by atoms with van der Waals surface area (Å²) in [6, 6.07) is 12.3. The van der Waals surface area contributed by atoms with Gasteiger partial charge in [-0.1, -0.05) is 6.07 Å². The molecule has 0 saturated heterocycles. The van der Waals surface area contributed by atoms with Crippen LogP contribution in [0.4, 0.5) is 18.9 Å². The zero-order valence-corrected chi connectivity index (χ0v) is 17.3. The molecular formula is C22H17F3N4O4. The summed E-state index contributed by atoms with van der Waals surface area (Å²) in [4.78, 5) is 16.8. The molecule has 2 aromatic carbocycles. The van der Waals surface area contributed by atoms with Crippen molar-refractivity contribution < 1.29 is 32.5 Å². The van der Waals surface area contributed by atoms with Gasteiger partial charge in [-0.25, -0.2) is 9.50 Å². The molecule has 1 amide bonds. The van der Waals surface area contributed by atoms with Gasteiger partial charge < -0.3 is 19.9 Å². The first-order valence-electron chi connectivity index (χ1n) is 9.50. The summed E-state index contributed by atoms with van der Waals surface area (Å²) in [7, 11) is 2.85. The largest absolute Gasteiger partial charge is 0.508 e. The zero-order chi connectivity index (χ0) is 23.8. The number of nitrogens with zero attached hydrogens (tertiary/aromatic N) is 3. The van der Waals surface area contributed by atoms with Crippen molar-refractivity contribution in [1.82, 2.24) is 14.6 Å². The van der Waals surface area contributed by atoms with Gasteiger partial charge in [0.25, 0.3) is 5.91 Å². The van der Waals surface area contributed by atoms with E-state index in [0.29, 0.717) is 21.6 Å². The van der Waals surface area contributed by atoms with E-state index in [4.69, 9.17) is 9.47 Å². The normalized spacial score (nSPS) is 11.4. The van der Waals surface area contributed by atoms with Crippen LogP contribution in [0, 0.1) is 0 Å². The van der Waals surface area contributed by atoms with Gasteiger partial charge in [0.15, 0.2) is 28.5 Å². The van der Waals surface area contributed by atoms with Crippen LogP contribution in [0.5, 0.6) is 17.2 Å². The molecule has 0 aliphatic rings. The number of hydrogen-bond acceptors (Lipinski definition) is 6. The molecule has 4 aromatic rings. The van der Waals surface area contributed by atoms with E-state index in [2.05, 4.69) is 15.4 Å². The Kier molecular flexibility index (Phi) is 5.54. The van der Waals surface area contributed by atoms with E-state index in [1.165, 1.54) is 44.6 Å². The lowest BCUT2D eigenvalue weighted by molar-refractivity contribution is -0.142. The molecule has 11 heteroatoms. The number of hydrogen-bond donors (Lipinski definition) is 2. The highest BCUT2D eigenvalue weighted by atomic mass is 19.4. The first kappa shape index (κ1) is 21.9. The van der Waals surface area contributed by atoms with Crippen molar-refractivity contribution in [3.05, 3.63) is 66.0 Å². The number of ether oxygens (including phenoxy) is 2. The molecule has 2 heterocycles. The maximum absolute atomic E-state index is 13.8. The van der Waals surface area contributed by atoms with E-state index < -0.39 is 17.8 Å². The molecule has 33 heavy (non-hydrogen) atoms.